The van der Waals surface area contributed by atoms with Crippen LogP contribution in [0.5, 0.6) is 0 Å². The molecular weight excluding hydrogens is 310 g/mol. The van der Waals surface area contributed by atoms with E-state index in [2.05, 4.69) is 9.71 Å². The second kappa shape index (κ2) is 5.05. The largest absolute Gasteiger partial charge is 0.349 e. The lowest BCUT2D eigenvalue weighted by Gasteiger charge is -2.10. The molecule has 3 aromatic rings. The van der Waals surface area contributed by atoms with Gasteiger partial charge in [-0.15, -0.1) is 0 Å². The van der Waals surface area contributed by atoms with E-state index in [9.17, 15) is 8.42 Å². The van der Waals surface area contributed by atoms with Crippen molar-refractivity contribution in [3.8, 4) is 0 Å². The quantitative estimate of drug-likeness (QED) is 0.754. The summed E-state index contributed by atoms with van der Waals surface area (Å²) < 4.78 is 29.2. The third kappa shape index (κ3) is 2.59. The Morgan fingerprint density at radius 3 is 2.71 bits per heavy atom. The number of halogens is 1. The minimum absolute atomic E-state index is 0.0677. The molecule has 1 N–H and O–H groups in total. The lowest BCUT2D eigenvalue weighted by molar-refractivity contribution is 0.601. The normalized spacial score (nSPS) is 11.7. The molecule has 3 rings (SSSR count). The number of hydrogen-bond acceptors (Lipinski definition) is 3. The summed E-state index contributed by atoms with van der Waals surface area (Å²) in [6.07, 6.45) is 3.11. The zero-order valence-corrected chi connectivity index (χ0v) is 12.7. The van der Waals surface area contributed by atoms with Crippen LogP contribution in [-0.4, -0.2) is 18.0 Å². The zero-order chi connectivity index (χ0) is 15.0. The number of para-hydroxylation sites is 1. The molecule has 5 nitrogen and oxygen atoms in total. The fraction of sp³-hybridized carbons (Fsp3) is 0.0714. The van der Waals surface area contributed by atoms with Crippen molar-refractivity contribution < 1.29 is 8.42 Å². The molecule has 108 valence electrons. The summed E-state index contributed by atoms with van der Waals surface area (Å²) in [6, 6.07) is 10.2. The molecule has 1 aromatic carbocycles. The fourth-order valence-corrected chi connectivity index (χ4v) is 3.29. The third-order valence-corrected chi connectivity index (χ3v) is 4.73. The van der Waals surface area contributed by atoms with E-state index in [1.807, 2.05) is 29.9 Å². The molecule has 0 unspecified atom stereocenters. The van der Waals surface area contributed by atoms with E-state index in [1.165, 1.54) is 18.3 Å². The SMILES string of the molecule is Cn1ccc2cccc(NS(=O)(=O)c3ccc(Cl)nc3)c21. The first-order valence-electron chi connectivity index (χ1n) is 6.16. The van der Waals surface area contributed by atoms with Gasteiger partial charge in [0.05, 0.1) is 11.2 Å². The summed E-state index contributed by atoms with van der Waals surface area (Å²) in [5.41, 5.74) is 1.35. The van der Waals surface area contributed by atoms with Crippen LogP contribution in [0.2, 0.25) is 5.15 Å². The highest BCUT2D eigenvalue weighted by Crippen LogP contribution is 2.26. The Morgan fingerprint density at radius 2 is 2.00 bits per heavy atom. The zero-order valence-electron chi connectivity index (χ0n) is 11.1. The molecule has 2 heterocycles. The molecular formula is C14H12ClN3O2S. The van der Waals surface area contributed by atoms with E-state index in [-0.39, 0.29) is 10.0 Å². The fourth-order valence-electron chi connectivity index (χ4n) is 2.16. The number of benzene rings is 1. The van der Waals surface area contributed by atoms with Crippen LogP contribution in [0.3, 0.4) is 0 Å². The van der Waals surface area contributed by atoms with Crippen molar-refractivity contribution in [1.82, 2.24) is 9.55 Å². The van der Waals surface area contributed by atoms with Gasteiger partial charge in [-0.1, -0.05) is 23.7 Å². The molecule has 0 saturated carbocycles. The van der Waals surface area contributed by atoms with Crippen LogP contribution in [0.15, 0.2) is 53.7 Å². The highest BCUT2D eigenvalue weighted by Gasteiger charge is 2.16. The highest BCUT2D eigenvalue weighted by molar-refractivity contribution is 7.92. The molecule has 0 radical (unpaired) electrons. The maximum atomic E-state index is 12.4. The number of rotatable bonds is 3. The predicted molar refractivity (Wildman–Crippen MR) is 83.0 cm³/mol. The Hall–Kier alpha value is -2.05. The lowest BCUT2D eigenvalue weighted by atomic mass is 10.2. The van der Waals surface area contributed by atoms with E-state index in [4.69, 9.17) is 11.6 Å². The van der Waals surface area contributed by atoms with Gasteiger partial charge in [0.2, 0.25) is 0 Å². The molecule has 2 aromatic heterocycles. The number of nitrogens with zero attached hydrogens (tertiary/aromatic N) is 2. The summed E-state index contributed by atoms with van der Waals surface area (Å²) in [4.78, 5) is 3.87. The first-order chi connectivity index (χ1) is 9.97. The summed E-state index contributed by atoms with van der Waals surface area (Å²) >= 11 is 5.68. The van der Waals surface area contributed by atoms with Gasteiger partial charge in [0, 0.05) is 24.8 Å². The number of aryl methyl sites for hydroxylation is 1. The monoisotopic (exact) mass is 321 g/mol. The summed E-state index contributed by atoms with van der Waals surface area (Å²) in [7, 11) is -1.84. The number of fused-ring (bicyclic) bond motifs is 1. The average Bonchev–Trinajstić information content (AvgIpc) is 2.82. The molecule has 0 aliphatic heterocycles. The lowest BCUT2D eigenvalue weighted by Crippen LogP contribution is -2.13. The number of hydrogen-bond donors (Lipinski definition) is 1. The van der Waals surface area contributed by atoms with Crippen LogP contribution in [0.1, 0.15) is 0 Å². The standard InChI is InChI=1S/C14H12ClN3O2S/c1-18-8-7-10-3-2-4-12(14(10)18)17-21(19,20)11-5-6-13(15)16-9-11/h2-9,17H,1H3. The van der Waals surface area contributed by atoms with Crippen molar-refractivity contribution >= 4 is 38.2 Å². The molecule has 0 spiro atoms. The third-order valence-electron chi connectivity index (χ3n) is 3.15. The molecule has 0 atom stereocenters. The van der Waals surface area contributed by atoms with Gasteiger partial charge in [-0.3, -0.25) is 4.72 Å². The van der Waals surface area contributed by atoms with E-state index in [0.717, 1.165) is 10.9 Å². The van der Waals surface area contributed by atoms with Gasteiger partial charge in [-0.2, -0.15) is 0 Å². The van der Waals surface area contributed by atoms with Gasteiger partial charge in [0.15, 0.2) is 0 Å². The Balaban J connectivity index is 2.05. The van der Waals surface area contributed by atoms with Gasteiger partial charge >= 0.3 is 0 Å². The molecule has 0 aliphatic carbocycles. The van der Waals surface area contributed by atoms with Crippen LogP contribution in [0.25, 0.3) is 10.9 Å². The number of sulfonamides is 1. The Kier molecular flexibility index (Phi) is 3.35. The van der Waals surface area contributed by atoms with E-state index in [1.54, 1.807) is 12.1 Å². The topological polar surface area (TPSA) is 64.0 Å². The minimum atomic E-state index is -3.70. The predicted octanol–water partition coefficient (Wildman–Crippen LogP) is 3.03. The van der Waals surface area contributed by atoms with Crippen LogP contribution < -0.4 is 4.72 Å². The Labute approximate surface area is 127 Å². The van der Waals surface area contributed by atoms with E-state index >= 15 is 0 Å². The summed E-state index contributed by atoms with van der Waals surface area (Å²) in [5, 5.41) is 1.21. The number of nitrogens with one attached hydrogen (secondary N) is 1. The van der Waals surface area contributed by atoms with Crippen molar-refractivity contribution in [2.24, 2.45) is 7.05 Å². The maximum Gasteiger partial charge on any atom is 0.263 e. The molecule has 0 aliphatic rings. The molecule has 0 amide bonds. The van der Waals surface area contributed by atoms with Gasteiger partial charge in [-0.25, -0.2) is 13.4 Å². The van der Waals surface area contributed by atoms with Crippen LogP contribution >= 0.6 is 11.6 Å². The number of anilines is 1. The maximum absolute atomic E-state index is 12.4. The average molecular weight is 322 g/mol. The van der Waals surface area contributed by atoms with Crippen LogP contribution in [0.4, 0.5) is 5.69 Å². The van der Waals surface area contributed by atoms with E-state index in [0.29, 0.717) is 5.69 Å². The van der Waals surface area contributed by atoms with Crippen LogP contribution in [-0.2, 0) is 17.1 Å². The molecule has 0 bridgehead atoms. The molecule has 0 fully saturated rings. The van der Waals surface area contributed by atoms with Crippen molar-refractivity contribution in [2.75, 3.05) is 4.72 Å². The molecule has 0 saturated heterocycles. The second-order valence-electron chi connectivity index (χ2n) is 4.59. The minimum Gasteiger partial charge on any atom is -0.349 e. The smallest absolute Gasteiger partial charge is 0.263 e. The van der Waals surface area contributed by atoms with Crippen molar-refractivity contribution in [3.05, 3.63) is 53.9 Å². The van der Waals surface area contributed by atoms with Gasteiger partial charge < -0.3 is 4.57 Å². The highest BCUT2D eigenvalue weighted by atomic mass is 35.5. The number of pyridine rings is 1. The van der Waals surface area contributed by atoms with Gasteiger partial charge in [0.1, 0.15) is 10.0 Å². The van der Waals surface area contributed by atoms with Crippen LogP contribution in [0, 0.1) is 0 Å². The van der Waals surface area contributed by atoms with Gasteiger partial charge in [0.25, 0.3) is 10.0 Å². The Morgan fingerprint density at radius 1 is 1.19 bits per heavy atom. The molecule has 21 heavy (non-hydrogen) atoms. The first-order valence-corrected chi connectivity index (χ1v) is 8.02. The van der Waals surface area contributed by atoms with Crippen molar-refractivity contribution in [3.63, 3.8) is 0 Å². The van der Waals surface area contributed by atoms with E-state index < -0.39 is 10.0 Å². The first kappa shape index (κ1) is 13.9. The van der Waals surface area contributed by atoms with Crippen molar-refractivity contribution in [2.45, 2.75) is 4.90 Å². The summed E-state index contributed by atoms with van der Waals surface area (Å²) in [6.45, 7) is 0. The Bertz CT molecular complexity index is 902. The summed E-state index contributed by atoms with van der Waals surface area (Å²) in [5.74, 6) is 0. The van der Waals surface area contributed by atoms with Crippen molar-refractivity contribution in [1.29, 1.82) is 0 Å². The molecule has 7 heteroatoms. The number of aromatic nitrogens is 2. The van der Waals surface area contributed by atoms with Gasteiger partial charge in [-0.05, 0) is 24.3 Å². The second-order valence-corrected chi connectivity index (χ2v) is 6.66.